The first-order chi connectivity index (χ1) is 14.0. The summed E-state index contributed by atoms with van der Waals surface area (Å²) in [6.07, 6.45) is 1.29. The van der Waals surface area contributed by atoms with E-state index in [1.54, 1.807) is 26.2 Å². The maximum absolute atomic E-state index is 12.6. The SMILES string of the molecule is CCOC(=O)/C=C1\SCC(=O)N1CCOC(=O)c1ccc(OC)c2ccccc12. The molecule has 1 aliphatic rings. The monoisotopic (exact) mass is 415 g/mol. The van der Waals surface area contributed by atoms with Crippen LogP contribution in [-0.2, 0) is 19.1 Å². The standard InChI is InChI=1S/C21H21NO6S/c1-3-27-20(24)12-19-22(18(23)13-29-19)10-11-28-21(25)16-8-9-17(26-2)15-7-5-4-6-14(15)16/h4-9,12H,3,10-11,13H2,1-2H3/b19-12-. The molecule has 7 nitrogen and oxygen atoms in total. The lowest BCUT2D eigenvalue weighted by Gasteiger charge is -2.17. The zero-order valence-corrected chi connectivity index (χ0v) is 17.0. The first kappa shape index (κ1) is 20.7. The summed E-state index contributed by atoms with van der Waals surface area (Å²) in [5.41, 5.74) is 0.422. The fourth-order valence-electron chi connectivity index (χ4n) is 2.99. The van der Waals surface area contributed by atoms with Gasteiger partial charge in [-0.2, -0.15) is 0 Å². The van der Waals surface area contributed by atoms with Crippen molar-refractivity contribution in [1.82, 2.24) is 4.90 Å². The average molecular weight is 415 g/mol. The number of methoxy groups -OCH3 is 1. The Balaban J connectivity index is 1.68. The van der Waals surface area contributed by atoms with Crippen LogP contribution < -0.4 is 4.74 Å². The molecule has 1 amide bonds. The van der Waals surface area contributed by atoms with E-state index in [0.717, 1.165) is 10.8 Å². The summed E-state index contributed by atoms with van der Waals surface area (Å²) >= 11 is 1.26. The smallest absolute Gasteiger partial charge is 0.338 e. The number of thioether (sulfide) groups is 1. The molecular formula is C21H21NO6S. The van der Waals surface area contributed by atoms with Crippen molar-refractivity contribution in [3.8, 4) is 5.75 Å². The van der Waals surface area contributed by atoms with Crippen LogP contribution in [0.15, 0.2) is 47.5 Å². The number of ether oxygens (including phenoxy) is 3. The van der Waals surface area contributed by atoms with Crippen molar-refractivity contribution < 1.29 is 28.6 Å². The second-order valence-corrected chi connectivity index (χ2v) is 7.06. The summed E-state index contributed by atoms with van der Waals surface area (Å²) in [5, 5.41) is 2.04. The largest absolute Gasteiger partial charge is 0.496 e. The molecule has 0 aromatic heterocycles. The molecule has 152 valence electrons. The van der Waals surface area contributed by atoms with Crippen molar-refractivity contribution in [3.63, 3.8) is 0 Å². The fraction of sp³-hybridized carbons (Fsp3) is 0.286. The van der Waals surface area contributed by atoms with Gasteiger partial charge in [-0.05, 0) is 24.4 Å². The number of nitrogens with zero attached hydrogens (tertiary/aromatic N) is 1. The molecular weight excluding hydrogens is 394 g/mol. The number of benzene rings is 2. The van der Waals surface area contributed by atoms with Crippen molar-refractivity contribution >= 4 is 40.4 Å². The highest BCUT2D eigenvalue weighted by Gasteiger charge is 2.27. The maximum atomic E-state index is 12.6. The molecule has 0 radical (unpaired) electrons. The number of rotatable bonds is 7. The van der Waals surface area contributed by atoms with Crippen molar-refractivity contribution in [2.45, 2.75) is 6.92 Å². The molecule has 1 fully saturated rings. The summed E-state index contributed by atoms with van der Waals surface area (Å²) in [4.78, 5) is 37.8. The number of hydrogen-bond donors (Lipinski definition) is 0. The molecule has 0 unspecified atom stereocenters. The van der Waals surface area contributed by atoms with Crippen LogP contribution >= 0.6 is 11.8 Å². The molecule has 1 heterocycles. The summed E-state index contributed by atoms with van der Waals surface area (Å²) < 4.78 is 15.6. The van der Waals surface area contributed by atoms with Crippen LogP contribution in [0.3, 0.4) is 0 Å². The van der Waals surface area contributed by atoms with Gasteiger partial charge >= 0.3 is 11.9 Å². The Morgan fingerprint density at radius 3 is 2.62 bits per heavy atom. The van der Waals surface area contributed by atoms with E-state index in [1.165, 1.54) is 22.7 Å². The van der Waals surface area contributed by atoms with Gasteiger partial charge in [-0.25, -0.2) is 9.59 Å². The highest BCUT2D eigenvalue weighted by atomic mass is 32.2. The molecule has 8 heteroatoms. The molecule has 1 aliphatic heterocycles. The Bertz CT molecular complexity index is 971. The van der Waals surface area contributed by atoms with Crippen molar-refractivity contribution in [3.05, 3.63) is 53.1 Å². The Kier molecular flexibility index (Phi) is 6.77. The Labute approximate surface area is 172 Å². The van der Waals surface area contributed by atoms with Gasteiger partial charge in [0.1, 0.15) is 12.4 Å². The minimum absolute atomic E-state index is 0.00561. The Morgan fingerprint density at radius 2 is 1.90 bits per heavy atom. The average Bonchev–Trinajstić information content (AvgIpc) is 3.06. The first-order valence-corrected chi connectivity index (χ1v) is 10.1. The second kappa shape index (κ2) is 9.47. The zero-order valence-electron chi connectivity index (χ0n) is 16.2. The lowest BCUT2D eigenvalue weighted by Crippen LogP contribution is -2.29. The minimum atomic E-state index is -0.503. The van der Waals surface area contributed by atoms with Gasteiger partial charge in [0.2, 0.25) is 5.91 Å². The van der Waals surface area contributed by atoms with E-state index in [2.05, 4.69) is 0 Å². The van der Waals surface area contributed by atoms with Gasteiger partial charge in [-0.1, -0.05) is 36.0 Å². The van der Waals surface area contributed by atoms with Crippen LogP contribution in [0.5, 0.6) is 5.75 Å². The quantitative estimate of drug-likeness (QED) is 0.508. The highest BCUT2D eigenvalue weighted by Crippen LogP contribution is 2.30. The summed E-state index contributed by atoms with van der Waals surface area (Å²) in [6.45, 7) is 2.14. The van der Waals surface area contributed by atoms with E-state index in [-0.39, 0.29) is 31.4 Å². The molecule has 0 bridgehead atoms. The van der Waals surface area contributed by atoms with E-state index >= 15 is 0 Å². The zero-order chi connectivity index (χ0) is 20.8. The number of amides is 1. The molecule has 0 aliphatic carbocycles. The summed E-state index contributed by atoms with van der Waals surface area (Å²) in [5.74, 6) is -0.222. The van der Waals surface area contributed by atoms with Gasteiger partial charge in [-0.3, -0.25) is 4.79 Å². The highest BCUT2D eigenvalue weighted by molar-refractivity contribution is 8.04. The summed E-state index contributed by atoms with van der Waals surface area (Å²) in [6, 6.07) is 10.8. The van der Waals surface area contributed by atoms with Gasteiger partial charge in [0.05, 0.1) is 42.7 Å². The predicted molar refractivity (Wildman–Crippen MR) is 110 cm³/mol. The van der Waals surface area contributed by atoms with E-state index in [9.17, 15) is 14.4 Å². The van der Waals surface area contributed by atoms with E-state index < -0.39 is 11.9 Å². The molecule has 2 aromatic carbocycles. The number of carbonyl (C=O) groups is 3. The van der Waals surface area contributed by atoms with Crippen LogP contribution in [0.4, 0.5) is 0 Å². The molecule has 3 rings (SSSR count). The molecule has 0 saturated carbocycles. The molecule has 0 atom stereocenters. The lowest BCUT2D eigenvalue weighted by atomic mass is 10.0. The fourth-order valence-corrected chi connectivity index (χ4v) is 3.94. The maximum Gasteiger partial charge on any atom is 0.338 e. The number of carbonyl (C=O) groups excluding carboxylic acids is 3. The Morgan fingerprint density at radius 1 is 1.14 bits per heavy atom. The topological polar surface area (TPSA) is 82.1 Å². The Hall–Kier alpha value is -3.00. The van der Waals surface area contributed by atoms with E-state index in [4.69, 9.17) is 14.2 Å². The van der Waals surface area contributed by atoms with Crippen LogP contribution in [-0.4, -0.2) is 55.4 Å². The lowest BCUT2D eigenvalue weighted by molar-refractivity contribution is -0.137. The van der Waals surface area contributed by atoms with Crippen LogP contribution in [0.25, 0.3) is 10.8 Å². The third-order valence-corrected chi connectivity index (χ3v) is 5.34. The third-order valence-electron chi connectivity index (χ3n) is 4.31. The van der Waals surface area contributed by atoms with Gasteiger partial charge in [0, 0.05) is 5.39 Å². The normalized spacial score (nSPS) is 15.0. The molecule has 0 spiro atoms. The number of esters is 2. The van der Waals surface area contributed by atoms with Crippen LogP contribution in [0.2, 0.25) is 0 Å². The van der Waals surface area contributed by atoms with Crippen LogP contribution in [0, 0.1) is 0 Å². The van der Waals surface area contributed by atoms with Crippen LogP contribution in [0.1, 0.15) is 17.3 Å². The summed E-state index contributed by atoms with van der Waals surface area (Å²) in [7, 11) is 1.58. The number of hydrogen-bond acceptors (Lipinski definition) is 7. The van der Waals surface area contributed by atoms with Crippen molar-refractivity contribution in [1.29, 1.82) is 0 Å². The molecule has 0 N–H and O–H groups in total. The minimum Gasteiger partial charge on any atom is -0.496 e. The van der Waals surface area contributed by atoms with Gasteiger partial charge in [-0.15, -0.1) is 0 Å². The van der Waals surface area contributed by atoms with E-state index in [1.807, 2.05) is 24.3 Å². The molecule has 1 saturated heterocycles. The van der Waals surface area contributed by atoms with Crippen molar-refractivity contribution in [2.24, 2.45) is 0 Å². The molecule has 2 aromatic rings. The van der Waals surface area contributed by atoms with Gasteiger partial charge < -0.3 is 19.1 Å². The van der Waals surface area contributed by atoms with Gasteiger partial charge in [0.15, 0.2) is 0 Å². The molecule has 29 heavy (non-hydrogen) atoms. The van der Waals surface area contributed by atoms with E-state index in [0.29, 0.717) is 16.3 Å². The number of fused-ring (bicyclic) bond motifs is 1. The predicted octanol–water partition coefficient (Wildman–Crippen LogP) is 2.99. The van der Waals surface area contributed by atoms with Crippen molar-refractivity contribution in [2.75, 3.05) is 32.6 Å². The second-order valence-electron chi connectivity index (χ2n) is 6.07. The van der Waals surface area contributed by atoms with Gasteiger partial charge in [0.25, 0.3) is 0 Å². The third kappa shape index (κ3) is 4.71. The first-order valence-electron chi connectivity index (χ1n) is 9.09.